The summed E-state index contributed by atoms with van der Waals surface area (Å²) < 4.78 is 19.5. The number of hydrogen-bond acceptors (Lipinski definition) is 2. The highest BCUT2D eigenvalue weighted by molar-refractivity contribution is 5.92. The predicted molar refractivity (Wildman–Crippen MR) is 107 cm³/mol. The number of hydrogen-bond donors (Lipinski definition) is 1. The zero-order chi connectivity index (χ0) is 19.5. The third-order valence-electron chi connectivity index (χ3n) is 4.63. The fourth-order valence-electron chi connectivity index (χ4n) is 3.24. The van der Waals surface area contributed by atoms with Gasteiger partial charge in [0.2, 0.25) is 0 Å². The maximum atomic E-state index is 13.6. The van der Waals surface area contributed by atoms with Crippen LogP contribution in [-0.4, -0.2) is 11.1 Å². The van der Waals surface area contributed by atoms with Crippen molar-refractivity contribution in [1.29, 1.82) is 0 Å². The molecule has 0 unspecified atom stereocenters. The van der Waals surface area contributed by atoms with Crippen molar-refractivity contribution >= 4 is 16.7 Å². The van der Waals surface area contributed by atoms with Gasteiger partial charge in [0.05, 0.1) is 0 Å². The molecule has 4 aromatic carbocycles. The lowest BCUT2D eigenvalue weighted by Crippen LogP contribution is -2.04. The molecule has 3 nitrogen and oxygen atoms in total. The number of carbonyl (C=O) groups is 1. The second kappa shape index (κ2) is 7.53. The molecule has 4 heteroatoms. The van der Waals surface area contributed by atoms with E-state index in [0.29, 0.717) is 11.1 Å². The van der Waals surface area contributed by atoms with Gasteiger partial charge in [0, 0.05) is 0 Å². The largest absolute Gasteiger partial charge is 0.488 e. The van der Waals surface area contributed by atoms with Crippen LogP contribution < -0.4 is 4.74 Å². The normalized spacial score (nSPS) is 10.8. The van der Waals surface area contributed by atoms with Gasteiger partial charge in [0.1, 0.15) is 23.7 Å². The lowest BCUT2D eigenvalue weighted by molar-refractivity contribution is 0.0692. The summed E-state index contributed by atoms with van der Waals surface area (Å²) >= 11 is 0. The van der Waals surface area contributed by atoms with E-state index in [4.69, 9.17) is 4.74 Å². The van der Waals surface area contributed by atoms with E-state index < -0.39 is 5.97 Å². The molecule has 4 aromatic rings. The van der Waals surface area contributed by atoms with E-state index >= 15 is 0 Å². The van der Waals surface area contributed by atoms with E-state index in [1.807, 2.05) is 42.5 Å². The number of aromatic carboxylic acids is 1. The molecule has 1 N–H and O–H groups in total. The minimum absolute atomic E-state index is 0.0698. The van der Waals surface area contributed by atoms with Crippen molar-refractivity contribution in [1.82, 2.24) is 0 Å². The van der Waals surface area contributed by atoms with Crippen LogP contribution in [0.5, 0.6) is 5.75 Å². The van der Waals surface area contributed by atoms with Crippen molar-refractivity contribution in [2.45, 2.75) is 6.61 Å². The first-order valence-electron chi connectivity index (χ1n) is 8.84. The van der Waals surface area contributed by atoms with Crippen LogP contribution in [0.3, 0.4) is 0 Å². The molecule has 138 valence electrons. The van der Waals surface area contributed by atoms with E-state index in [1.165, 1.54) is 18.2 Å². The van der Waals surface area contributed by atoms with Crippen LogP contribution in [0.25, 0.3) is 21.9 Å². The molecular formula is C24H17FO3. The molecule has 0 aliphatic carbocycles. The Morgan fingerprint density at radius 2 is 1.61 bits per heavy atom. The van der Waals surface area contributed by atoms with Crippen LogP contribution in [-0.2, 0) is 6.61 Å². The Bertz CT molecular complexity index is 1160. The Balaban J connectivity index is 1.69. The molecule has 0 fully saturated rings. The quantitative estimate of drug-likeness (QED) is 0.473. The van der Waals surface area contributed by atoms with Crippen LogP contribution >= 0.6 is 0 Å². The van der Waals surface area contributed by atoms with Crippen molar-refractivity contribution in [3.8, 4) is 16.9 Å². The molecular weight excluding hydrogens is 355 g/mol. The molecule has 0 aromatic heterocycles. The minimum Gasteiger partial charge on any atom is -0.488 e. The maximum absolute atomic E-state index is 13.6. The summed E-state index contributed by atoms with van der Waals surface area (Å²) in [7, 11) is 0. The Morgan fingerprint density at radius 3 is 2.43 bits per heavy atom. The maximum Gasteiger partial charge on any atom is 0.339 e. The lowest BCUT2D eigenvalue weighted by atomic mass is 10.0. The average Bonchev–Trinajstić information content (AvgIpc) is 2.72. The van der Waals surface area contributed by atoms with Crippen molar-refractivity contribution in [2.24, 2.45) is 0 Å². The van der Waals surface area contributed by atoms with E-state index in [2.05, 4.69) is 0 Å². The topological polar surface area (TPSA) is 46.5 Å². The zero-order valence-corrected chi connectivity index (χ0v) is 14.9. The molecule has 0 saturated carbocycles. The molecule has 0 bridgehead atoms. The highest BCUT2D eigenvalue weighted by Crippen LogP contribution is 2.29. The smallest absolute Gasteiger partial charge is 0.339 e. The monoisotopic (exact) mass is 372 g/mol. The van der Waals surface area contributed by atoms with E-state index in [9.17, 15) is 14.3 Å². The van der Waals surface area contributed by atoms with Crippen molar-refractivity contribution in [2.75, 3.05) is 0 Å². The van der Waals surface area contributed by atoms with Gasteiger partial charge in [-0.05, 0) is 51.7 Å². The number of carboxylic acid groups (broad SMARTS) is 1. The van der Waals surface area contributed by atoms with Crippen molar-refractivity contribution in [3.05, 3.63) is 102 Å². The molecule has 4 rings (SSSR count). The number of benzene rings is 4. The Hall–Kier alpha value is -3.66. The van der Waals surface area contributed by atoms with Gasteiger partial charge in [-0.25, -0.2) is 9.18 Å². The summed E-state index contributed by atoms with van der Waals surface area (Å²) in [5.41, 5.74) is 2.38. The molecule has 0 heterocycles. The number of rotatable bonds is 5. The Morgan fingerprint density at radius 1 is 0.857 bits per heavy atom. The number of fused-ring (bicyclic) bond motifs is 1. The van der Waals surface area contributed by atoms with Gasteiger partial charge in [-0.2, -0.15) is 0 Å². The zero-order valence-electron chi connectivity index (χ0n) is 14.9. The van der Waals surface area contributed by atoms with E-state index in [-0.39, 0.29) is 23.7 Å². The van der Waals surface area contributed by atoms with Crippen LogP contribution in [0.1, 0.15) is 15.9 Å². The molecule has 0 atom stereocenters. The first-order chi connectivity index (χ1) is 13.6. The molecule has 0 aliphatic heterocycles. The SMILES string of the molecule is O=C(O)c1ccc(-c2cccc(F)c2)cc1OCc1cccc2ccccc12. The van der Waals surface area contributed by atoms with E-state index in [1.54, 1.807) is 24.3 Å². The summed E-state index contributed by atoms with van der Waals surface area (Å²) in [6, 6.07) is 24.8. The summed E-state index contributed by atoms with van der Waals surface area (Å²) in [5.74, 6) is -1.17. The number of carboxylic acids is 1. The summed E-state index contributed by atoms with van der Waals surface area (Å²) in [4.78, 5) is 11.6. The molecule has 28 heavy (non-hydrogen) atoms. The van der Waals surface area contributed by atoms with Gasteiger partial charge in [-0.15, -0.1) is 0 Å². The van der Waals surface area contributed by atoms with Crippen LogP contribution in [0.15, 0.2) is 84.9 Å². The molecule has 0 spiro atoms. The van der Waals surface area contributed by atoms with Crippen LogP contribution in [0.2, 0.25) is 0 Å². The third kappa shape index (κ3) is 3.58. The van der Waals surface area contributed by atoms with Gasteiger partial charge in [-0.1, -0.05) is 60.7 Å². The predicted octanol–water partition coefficient (Wildman–Crippen LogP) is 5.92. The van der Waals surface area contributed by atoms with E-state index in [0.717, 1.165) is 16.3 Å². The van der Waals surface area contributed by atoms with Crippen molar-refractivity contribution < 1.29 is 19.0 Å². The summed E-state index contributed by atoms with van der Waals surface area (Å²) in [6.07, 6.45) is 0. The highest BCUT2D eigenvalue weighted by Gasteiger charge is 2.14. The molecule has 0 saturated heterocycles. The standard InChI is InChI=1S/C24H17FO3/c25-20-9-4-7-17(13-20)18-11-12-22(24(26)27)23(14-18)28-15-19-8-3-6-16-5-1-2-10-21(16)19/h1-14H,15H2,(H,26,27). The molecule has 0 radical (unpaired) electrons. The average molecular weight is 372 g/mol. The third-order valence-corrected chi connectivity index (χ3v) is 4.63. The Kier molecular flexibility index (Phi) is 4.77. The first kappa shape index (κ1) is 17.7. The number of halogens is 1. The van der Waals surface area contributed by atoms with Crippen LogP contribution in [0.4, 0.5) is 4.39 Å². The van der Waals surface area contributed by atoms with Gasteiger partial charge >= 0.3 is 5.97 Å². The molecule has 0 aliphatic rings. The highest BCUT2D eigenvalue weighted by atomic mass is 19.1. The van der Waals surface area contributed by atoms with Gasteiger partial charge in [0.25, 0.3) is 0 Å². The minimum atomic E-state index is -1.07. The second-order valence-corrected chi connectivity index (χ2v) is 6.45. The van der Waals surface area contributed by atoms with Gasteiger partial charge in [0.15, 0.2) is 0 Å². The first-order valence-corrected chi connectivity index (χ1v) is 8.84. The molecule has 0 amide bonds. The van der Waals surface area contributed by atoms with Gasteiger partial charge in [-0.3, -0.25) is 0 Å². The summed E-state index contributed by atoms with van der Waals surface area (Å²) in [6.45, 7) is 0.230. The fraction of sp³-hybridized carbons (Fsp3) is 0.0417. The summed E-state index contributed by atoms with van der Waals surface area (Å²) in [5, 5.41) is 11.7. The van der Waals surface area contributed by atoms with Crippen LogP contribution in [0, 0.1) is 5.82 Å². The van der Waals surface area contributed by atoms with Crippen molar-refractivity contribution in [3.63, 3.8) is 0 Å². The second-order valence-electron chi connectivity index (χ2n) is 6.45. The fourth-order valence-corrected chi connectivity index (χ4v) is 3.24. The lowest BCUT2D eigenvalue weighted by Gasteiger charge is -2.13. The number of ether oxygens (including phenoxy) is 1. The Labute approximate surface area is 161 Å². The van der Waals surface area contributed by atoms with Gasteiger partial charge < -0.3 is 9.84 Å².